The molecular formula is C30H30ClN3O9S. The number of methoxy groups -OCH3 is 2. The molecule has 12 nitrogen and oxygen atoms in total. The maximum Gasteiger partial charge on any atom is 0.274 e. The van der Waals surface area contributed by atoms with E-state index in [1.807, 2.05) is 0 Å². The number of sulfonamides is 1. The van der Waals surface area contributed by atoms with E-state index in [4.69, 9.17) is 30.5 Å². The average molecular weight is 644 g/mol. The fourth-order valence-corrected chi connectivity index (χ4v) is 8.07. The Kier molecular flexibility index (Phi) is 7.39. The number of fused-ring (bicyclic) bond motifs is 2. The first-order valence-electron chi connectivity index (χ1n) is 13.6. The molecule has 0 unspecified atom stereocenters. The van der Waals surface area contributed by atoms with Crippen LogP contribution in [0.15, 0.2) is 59.5 Å². The van der Waals surface area contributed by atoms with Crippen LogP contribution < -0.4 is 23.3 Å². The van der Waals surface area contributed by atoms with Gasteiger partial charge in [0.25, 0.3) is 15.9 Å². The van der Waals surface area contributed by atoms with Gasteiger partial charge in [-0.3, -0.25) is 14.5 Å². The quantitative estimate of drug-likeness (QED) is 0.409. The molecule has 6 rings (SSSR count). The highest BCUT2D eigenvalue weighted by molar-refractivity contribution is 7.93. The molecule has 1 saturated heterocycles. The van der Waals surface area contributed by atoms with E-state index in [9.17, 15) is 18.3 Å². The molecule has 0 saturated carbocycles. The number of rotatable bonds is 7. The third-order valence-corrected chi connectivity index (χ3v) is 10.1. The fourth-order valence-electron chi connectivity index (χ4n) is 6.30. The van der Waals surface area contributed by atoms with E-state index in [0.717, 1.165) is 0 Å². The lowest BCUT2D eigenvalue weighted by Crippen LogP contribution is -2.59. The summed E-state index contributed by atoms with van der Waals surface area (Å²) < 4.78 is 52.0. The highest BCUT2D eigenvalue weighted by Crippen LogP contribution is 2.57. The Morgan fingerprint density at radius 1 is 1.07 bits per heavy atom. The molecule has 3 aromatic rings. The zero-order valence-corrected chi connectivity index (χ0v) is 25.9. The van der Waals surface area contributed by atoms with E-state index in [2.05, 4.69) is 0 Å². The van der Waals surface area contributed by atoms with Gasteiger partial charge in [0, 0.05) is 42.9 Å². The molecule has 3 aromatic carbocycles. The second-order valence-corrected chi connectivity index (χ2v) is 13.0. The van der Waals surface area contributed by atoms with Crippen LogP contribution in [0.25, 0.3) is 0 Å². The number of aliphatic hydroxyl groups excluding tert-OH is 1. The van der Waals surface area contributed by atoms with Crippen molar-refractivity contribution in [1.29, 1.82) is 0 Å². The van der Waals surface area contributed by atoms with Crippen LogP contribution in [0.2, 0.25) is 5.02 Å². The highest BCUT2D eigenvalue weighted by atomic mass is 35.5. The van der Waals surface area contributed by atoms with Gasteiger partial charge in [-0.15, -0.1) is 0 Å². The third kappa shape index (κ3) is 4.29. The number of β-amino-alcohol motifs (C(OH)–C–C–N with tert-alkyl or cyclic N) is 1. The molecule has 44 heavy (non-hydrogen) atoms. The summed E-state index contributed by atoms with van der Waals surface area (Å²) in [6, 6.07) is 12.5. The number of ether oxygens (including phenoxy) is 4. The topological polar surface area (TPSA) is 135 Å². The number of nitrogens with zero attached hydrogens (tertiary/aromatic N) is 3. The van der Waals surface area contributed by atoms with Crippen LogP contribution in [0.3, 0.4) is 0 Å². The lowest BCUT2D eigenvalue weighted by atomic mass is 9.80. The molecule has 1 N–H and O–H groups in total. The number of carbonyl (C=O) groups is 2. The Hall–Kier alpha value is -4.04. The molecule has 3 atom stereocenters. The molecule has 1 fully saturated rings. The standard InChI is InChI=1S/C30H30ClN3O9S/c1-32(2)28(36)23-13-18(35)15-33(23)30(20-6-5-7-24-27(20)43-16-42-24)21-12-17(31)8-10-22(21)34(29(30)37)44(38,39)26-11-9-19(40-3)14-25(26)41-4/h5-12,14,18,23,35H,13,15-16H2,1-4H3/t18-,23+,30+/m1/s1. The van der Waals surface area contributed by atoms with Crippen molar-refractivity contribution < 1.29 is 42.1 Å². The zero-order valence-electron chi connectivity index (χ0n) is 24.3. The van der Waals surface area contributed by atoms with Crippen molar-refractivity contribution in [2.45, 2.75) is 29.0 Å². The van der Waals surface area contributed by atoms with Gasteiger partial charge in [-0.1, -0.05) is 23.7 Å². The largest absolute Gasteiger partial charge is 0.497 e. The van der Waals surface area contributed by atoms with Crippen molar-refractivity contribution >= 4 is 39.1 Å². The smallest absolute Gasteiger partial charge is 0.274 e. The SMILES string of the molecule is COc1ccc(S(=O)(=O)N2C(=O)[C@@](c3cccc4c3OCO4)(N3C[C@H](O)C[C@H]3C(=O)N(C)C)c3cc(Cl)ccc32)c(OC)c1. The maximum atomic E-state index is 15.3. The molecule has 2 amide bonds. The van der Waals surface area contributed by atoms with Gasteiger partial charge >= 0.3 is 0 Å². The van der Waals surface area contributed by atoms with E-state index < -0.39 is 33.6 Å². The van der Waals surface area contributed by atoms with Gasteiger partial charge < -0.3 is 29.0 Å². The van der Waals surface area contributed by atoms with Crippen LogP contribution in [0, 0.1) is 0 Å². The van der Waals surface area contributed by atoms with Crippen molar-refractivity contribution in [2.75, 3.05) is 46.0 Å². The number of likely N-dealkylation sites (tertiary alicyclic amines) is 1. The number of aliphatic hydroxyl groups is 1. The monoisotopic (exact) mass is 643 g/mol. The summed E-state index contributed by atoms with van der Waals surface area (Å²) in [5.41, 5.74) is -1.53. The predicted octanol–water partition coefficient (Wildman–Crippen LogP) is 2.59. The molecule has 0 aromatic heterocycles. The minimum atomic E-state index is -4.67. The number of para-hydroxylation sites is 1. The van der Waals surface area contributed by atoms with Crippen LogP contribution >= 0.6 is 11.6 Å². The number of hydrogen-bond donors (Lipinski definition) is 1. The first-order valence-corrected chi connectivity index (χ1v) is 15.5. The van der Waals surface area contributed by atoms with Crippen LogP contribution in [-0.2, 0) is 25.2 Å². The van der Waals surface area contributed by atoms with Gasteiger partial charge in [0.05, 0.1) is 32.1 Å². The number of anilines is 1. The van der Waals surface area contributed by atoms with Crippen molar-refractivity contribution in [1.82, 2.24) is 9.80 Å². The Morgan fingerprint density at radius 2 is 1.84 bits per heavy atom. The minimum Gasteiger partial charge on any atom is -0.497 e. The normalized spacial score (nSPS) is 22.7. The molecule has 0 radical (unpaired) electrons. The van der Waals surface area contributed by atoms with Crippen molar-refractivity contribution in [3.8, 4) is 23.0 Å². The number of hydrogen-bond acceptors (Lipinski definition) is 10. The van der Waals surface area contributed by atoms with E-state index in [1.165, 1.54) is 55.5 Å². The summed E-state index contributed by atoms with van der Waals surface area (Å²) in [5, 5.41) is 11.2. The number of amides is 2. The number of likely N-dealkylation sites (N-methyl/N-ethyl adjacent to an activating group) is 1. The first kappa shape index (κ1) is 30.0. The molecule has 0 spiro atoms. The lowest BCUT2D eigenvalue weighted by molar-refractivity contribution is -0.138. The summed E-state index contributed by atoms with van der Waals surface area (Å²) >= 11 is 6.54. The fraction of sp³-hybridized carbons (Fsp3) is 0.333. The van der Waals surface area contributed by atoms with Gasteiger partial charge in [0.1, 0.15) is 16.4 Å². The van der Waals surface area contributed by atoms with Crippen LogP contribution in [0.5, 0.6) is 23.0 Å². The molecule has 3 aliphatic rings. The second-order valence-electron chi connectivity index (χ2n) is 10.8. The molecule has 0 aliphatic carbocycles. The second kappa shape index (κ2) is 10.8. The zero-order chi connectivity index (χ0) is 31.6. The van der Waals surface area contributed by atoms with Gasteiger partial charge in [-0.25, -0.2) is 12.7 Å². The molecule has 3 heterocycles. The Balaban J connectivity index is 1.68. The van der Waals surface area contributed by atoms with Crippen molar-refractivity contribution in [2.24, 2.45) is 0 Å². The Labute approximate surface area is 259 Å². The molecule has 3 aliphatic heterocycles. The highest BCUT2D eigenvalue weighted by Gasteiger charge is 2.64. The summed E-state index contributed by atoms with van der Waals surface area (Å²) in [4.78, 5) is 31.5. The first-order chi connectivity index (χ1) is 21.0. The summed E-state index contributed by atoms with van der Waals surface area (Å²) in [5.74, 6) is -0.428. The summed E-state index contributed by atoms with van der Waals surface area (Å²) in [6.45, 7) is -0.265. The minimum absolute atomic E-state index is 0.00732. The predicted molar refractivity (Wildman–Crippen MR) is 159 cm³/mol. The van der Waals surface area contributed by atoms with Crippen molar-refractivity contribution in [3.63, 3.8) is 0 Å². The number of carbonyl (C=O) groups excluding carboxylic acids is 2. The summed E-state index contributed by atoms with van der Waals surface area (Å²) in [7, 11) is 1.22. The van der Waals surface area contributed by atoms with Gasteiger partial charge in [0.15, 0.2) is 17.0 Å². The Bertz CT molecular complexity index is 1780. The van der Waals surface area contributed by atoms with Crippen molar-refractivity contribution in [3.05, 3.63) is 70.7 Å². The van der Waals surface area contributed by atoms with Gasteiger partial charge in [-0.05, 0) is 42.8 Å². The molecule has 14 heteroatoms. The van der Waals surface area contributed by atoms with Gasteiger partial charge in [-0.2, -0.15) is 0 Å². The van der Waals surface area contributed by atoms with E-state index in [0.29, 0.717) is 15.8 Å². The number of benzene rings is 3. The van der Waals surface area contributed by atoms with Gasteiger partial charge in [0.2, 0.25) is 12.7 Å². The molecule has 0 bridgehead atoms. The maximum absolute atomic E-state index is 15.3. The molecule has 232 valence electrons. The third-order valence-electron chi connectivity index (χ3n) is 8.17. The van der Waals surface area contributed by atoms with E-state index in [-0.39, 0.29) is 63.9 Å². The van der Waals surface area contributed by atoms with Crippen LogP contribution in [0.4, 0.5) is 5.69 Å². The molecular weight excluding hydrogens is 614 g/mol. The number of halogens is 1. The lowest BCUT2D eigenvalue weighted by Gasteiger charge is -2.41. The van der Waals surface area contributed by atoms with Crippen LogP contribution in [0.1, 0.15) is 17.5 Å². The average Bonchev–Trinajstić information content (AvgIpc) is 3.70. The van der Waals surface area contributed by atoms with Crippen LogP contribution in [-0.4, -0.2) is 88.9 Å². The van der Waals surface area contributed by atoms with E-state index in [1.54, 1.807) is 37.2 Å². The summed E-state index contributed by atoms with van der Waals surface area (Å²) in [6.07, 6.45) is -0.995. The van der Waals surface area contributed by atoms with E-state index >= 15 is 4.79 Å². The Morgan fingerprint density at radius 3 is 2.55 bits per heavy atom.